The standard InChI is InChI=1S/C24H20F4N6O2/c1-13-9-18(24(26,27)28)33-34(13)16-6-5-15(17(25)10-16)11-36-19-7-8-29-22(32-19)20-21(14-3-4-14)30-12-31-23(20)35-2/h5-10,12,14H,3-4,11H2,1-2H3. The minimum atomic E-state index is -4.59. The summed E-state index contributed by atoms with van der Waals surface area (Å²) in [5.41, 5.74) is 0.943. The van der Waals surface area contributed by atoms with Gasteiger partial charge in [-0.1, -0.05) is 6.07 Å². The largest absolute Gasteiger partial charge is 0.480 e. The number of aryl methyl sites for hydroxylation is 1. The third-order valence-electron chi connectivity index (χ3n) is 5.69. The van der Waals surface area contributed by atoms with Crippen LogP contribution in [-0.4, -0.2) is 36.8 Å². The summed E-state index contributed by atoms with van der Waals surface area (Å²) in [4.78, 5) is 17.3. The van der Waals surface area contributed by atoms with Gasteiger partial charge in [0.25, 0.3) is 0 Å². The van der Waals surface area contributed by atoms with Crippen molar-refractivity contribution in [2.24, 2.45) is 0 Å². The van der Waals surface area contributed by atoms with Gasteiger partial charge in [-0.05, 0) is 38.0 Å². The van der Waals surface area contributed by atoms with Crippen LogP contribution in [0.2, 0.25) is 0 Å². The highest BCUT2D eigenvalue weighted by atomic mass is 19.4. The summed E-state index contributed by atoms with van der Waals surface area (Å²) in [6.07, 6.45) is 0.382. The Morgan fingerprint density at radius 2 is 1.89 bits per heavy atom. The van der Waals surface area contributed by atoms with Gasteiger partial charge in [0.05, 0.1) is 18.5 Å². The first kappa shape index (κ1) is 23.6. The van der Waals surface area contributed by atoms with Crippen LogP contribution < -0.4 is 9.47 Å². The molecule has 1 aromatic carbocycles. The Morgan fingerprint density at radius 1 is 1.08 bits per heavy atom. The number of ether oxygens (including phenoxy) is 2. The number of halogens is 4. The van der Waals surface area contributed by atoms with E-state index in [-0.39, 0.29) is 29.4 Å². The highest BCUT2D eigenvalue weighted by Crippen LogP contribution is 2.44. The van der Waals surface area contributed by atoms with E-state index in [1.165, 1.54) is 44.8 Å². The first-order chi connectivity index (χ1) is 17.2. The topological polar surface area (TPSA) is 87.8 Å². The molecule has 0 amide bonds. The summed E-state index contributed by atoms with van der Waals surface area (Å²) in [5, 5.41) is 3.55. The number of hydrogen-bond acceptors (Lipinski definition) is 7. The molecule has 0 aliphatic heterocycles. The van der Waals surface area contributed by atoms with E-state index in [2.05, 4.69) is 25.0 Å². The normalized spacial score (nSPS) is 13.6. The lowest BCUT2D eigenvalue weighted by Crippen LogP contribution is -2.08. The molecular formula is C24H20F4N6O2. The minimum absolute atomic E-state index is 0.160. The van der Waals surface area contributed by atoms with E-state index >= 15 is 0 Å². The van der Waals surface area contributed by atoms with Crippen molar-refractivity contribution in [1.82, 2.24) is 29.7 Å². The Morgan fingerprint density at radius 3 is 2.56 bits per heavy atom. The fraction of sp³-hybridized carbons (Fsp3) is 0.292. The number of methoxy groups -OCH3 is 1. The van der Waals surface area contributed by atoms with E-state index in [0.29, 0.717) is 23.2 Å². The summed E-state index contributed by atoms with van der Waals surface area (Å²) >= 11 is 0. The van der Waals surface area contributed by atoms with Crippen LogP contribution in [0.5, 0.6) is 11.8 Å². The van der Waals surface area contributed by atoms with Crippen molar-refractivity contribution in [3.05, 3.63) is 71.3 Å². The predicted molar refractivity (Wildman–Crippen MR) is 119 cm³/mol. The van der Waals surface area contributed by atoms with E-state index in [4.69, 9.17) is 9.47 Å². The predicted octanol–water partition coefficient (Wildman–Crippen LogP) is 5.05. The molecule has 1 fully saturated rings. The minimum Gasteiger partial charge on any atom is -0.480 e. The maximum atomic E-state index is 14.8. The molecule has 3 heterocycles. The maximum absolute atomic E-state index is 14.8. The average Bonchev–Trinajstić information content (AvgIpc) is 3.63. The molecule has 5 rings (SSSR count). The average molecular weight is 500 g/mol. The summed E-state index contributed by atoms with van der Waals surface area (Å²) in [5.74, 6) is 0.530. The van der Waals surface area contributed by atoms with Crippen LogP contribution >= 0.6 is 0 Å². The Balaban J connectivity index is 1.36. The van der Waals surface area contributed by atoms with E-state index in [9.17, 15) is 17.6 Å². The zero-order valence-corrected chi connectivity index (χ0v) is 19.3. The Hall–Kier alpha value is -4.09. The third kappa shape index (κ3) is 4.70. The Labute approximate surface area is 203 Å². The van der Waals surface area contributed by atoms with Crippen molar-refractivity contribution in [3.63, 3.8) is 0 Å². The molecule has 3 aromatic heterocycles. The van der Waals surface area contributed by atoms with Gasteiger partial charge >= 0.3 is 6.18 Å². The van der Waals surface area contributed by atoms with Crippen molar-refractivity contribution in [3.8, 4) is 28.8 Å². The second kappa shape index (κ2) is 9.17. The van der Waals surface area contributed by atoms with Gasteiger partial charge < -0.3 is 9.47 Å². The Kier molecular flexibility index (Phi) is 6.02. The van der Waals surface area contributed by atoms with Crippen molar-refractivity contribution in [2.75, 3.05) is 7.11 Å². The van der Waals surface area contributed by atoms with Gasteiger partial charge in [0.1, 0.15) is 24.3 Å². The van der Waals surface area contributed by atoms with Crippen LogP contribution in [0, 0.1) is 12.7 Å². The molecule has 0 spiro atoms. The SMILES string of the molecule is COc1ncnc(C2CC2)c1-c1nccc(OCc2ccc(-n3nc(C(F)(F)F)cc3C)cc2F)n1. The number of hydrogen-bond donors (Lipinski definition) is 0. The molecule has 0 N–H and O–H groups in total. The number of nitrogens with zero attached hydrogens (tertiary/aromatic N) is 6. The summed E-state index contributed by atoms with van der Waals surface area (Å²) in [6.45, 7) is 1.30. The van der Waals surface area contributed by atoms with Crippen LogP contribution in [-0.2, 0) is 12.8 Å². The monoisotopic (exact) mass is 500 g/mol. The molecule has 0 unspecified atom stereocenters. The molecule has 186 valence electrons. The van der Waals surface area contributed by atoms with Gasteiger partial charge in [0.2, 0.25) is 11.8 Å². The van der Waals surface area contributed by atoms with Crippen molar-refractivity contribution in [1.29, 1.82) is 0 Å². The van der Waals surface area contributed by atoms with Gasteiger partial charge in [-0.25, -0.2) is 24.0 Å². The lowest BCUT2D eigenvalue weighted by molar-refractivity contribution is -0.141. The lowest BCUT2D eigenvalue weighted by atomic mass is 10.1. The van der Waals surface area contributed by atoms with Crippen LogP contribution in [0.4, 0.5) is 17.6 Å². The van der Waals surface area contributed by atoms with Gasteiger partial charge in [0.15, 0.2) is 11.5 Å². The second-order valence-electron chi connectivity index (χ2n) is 8.28. The van der Waals surface area contributed by atoms with E-state index in [1.54, 1.807) is 0 Å². The molecule has 4 aromatic rings. The lowest BCUT2D eigenvalue weighted by Gasteiger charge is -2.12. The maximum Gasteiger partial charge on any atom is 0.435 e. The van der Waals surface area contributed by atoms with Crippen molar-refractivity contribution >= 4 is 0 Å². The first-order valence-corrected chi connectivity index (χ1v) is 11.0. The quantitative estimate of drug-likeness (QED) is 0.328. The first-order valence-electron chi connectivity index (χ1n) is 11.0. The summed E-state index contributed by atoms with van der Waals surface area (Å²) in [7, 11) is 1.50. The molecular weight excluding hydrogens is 480 g/mol. The number of alkyl halides is 3. The van der Waals surface area contributed by atoms with E-state index in [0.717, 1.165) is 35.4 Å². The van der Waals surface area contributed by atoms with E-state index < -0.39 is 17.7 Å². The Bertz CT molecular complexity index is 1420. The smallest absolute Gasteiger partial charge is 0.435 e. The molecule has 8 nitrogen and oxygen atoms in total. The summed E-state index contributed by atoms with van der Waals surface area (Å²) < 4.78 is 65.8. The number of aromatic nitrogens is 6. The molecule has 1 aliphatic rings. The fourth-order valence-corrected chi connectivity index (χ4v) is 3.77. The van der Waals surface area contributed by atoms with Crippen LogP contribution in [0.3, 0.4) is 0 Å². The van der Waals surface area contributed by atoms with E-state index in [1.807, 2.05) is 0 Å². The van der Waals surface area contributed by atoms with Gasteiger partial charge in [-0.15, -0.1) is 0 Å². The zero-order chi connectivity index (χ0) is 25.4. The number of benzene rings is 1. The molecule has 1 aliphatic carbocycles. The molecule has 12 heteroatoms. The van der Waals surface area contributed by atoms with Crippen molar-refractivity contribution in [2.45, 2.75) is 38.5 Å². The van der Waals surface area contributed by atoms with Crippen molar-refractivity contribution < 1.29 is 27.0 Å². The van der Waals surface area contributed by atoms with Crippen LogP contribution in [0.1, 0.15) is 41.4 Å². The molecule has 36 heavy (non-hydrogen) atoms. The molecule has 0 atom stereocenters. The molecule has 0 bridgehead atoms. The molecule has 0 saturated heterocycles. The molecule has 1 saturated carbocycles. The van der Waals surface area contributed by atoms with Gasteiger partial charge in [-0.3, -0.25) is 0 Å². The van der Waals surface area contributed by atoms with Crippen LogP contribution in [0.25, 0.3) is 17.1 Å². The number of rotatable bonds is 7. The second-order valence-corrected chi connectivity index (χ2v) is 8.28. The highest BCUT2D eigenvalue weighted by molar-refractivity contribution is 5.66. The fourth-order valence-electron chi connectivity index (χ4n) is 3.77. The van der Waals surface area contributed by atoms with Gasteiger partial charge in [-0.2, -0.15) is 23.3 Å². The zero-order valence-electron chi connectivity index (χ0n) is 19.3. The highest BCUT2D eigenvalue weighted by Gasteiger charge is 2.34. The van der Waals surface area contributed by atoms with Crippen LogP contribution in [0.15, 0.2) is 42.9 Å². The molecule has 0 radical (unpaired) electrons. The van der Waals surface area contributed by atoms with Gasteiger partial charge in [0, 0.05) is 29.4 Å². The third-order valence-corrected chi connectivity index (χ3v) is 5.69. The summed E-state index contributed by atoms with van der Waals surface area (Å²) in [6, 6.07) is 6.46.